The fourth-order valence-corrected chi connectivity index (χ4v) is 2.27. The largest absolute Gasteiger partial charge is 0.290 e. The van der Waals surface area contributed by atoms with Gasteiger partial charge in [-0.3, -0.25) is 9.88 Å². The minimum atomic E-state index is 0.757. The van der Waals surface area contributed by atoms with Gasteiger partial charge in [0.25, 0.3) is 0 Å². The molecule has 1 saturated carbocycles. The summed E-state index contributed by atoms with van der Waals surface area (Å²) in [7, 11) is 0. The summed E-state index contributed by atoms with van der Waals surface area (Å²) in [5, 5.41) is 0. The fourth-order valence-electron chi connectivity index (χ4n) is 2.27. The van der Waals surface area contributed by atoms with Crippen LogP contribution in [-0.4, -0.2) is 15.9 Å². The summed E-state index contributed by atoms with van der Waals surface area (Å²) in [6.07, 6.45) is 4.54. The second kappa shape index (κ2) is 5.32. The highest BCUT2D eigenvalue weighted by molar-refractivity contribution is 5.15. The highest BCUT2D eigenvalue weighted by Gasteiger charge is 2.29. The number of aromatic nitrogens is 1. The van der Waals surface area contributed by atoms with Gasteiger partial charge in [-0.15, -0.1) is 0 Å². The van der Waals surface area contributed by atoms with Crippen LogP contribution in [0.25, 0.3) is 0 Å². The van der Waals surface area contributed by atoms with Crippen molar-refractivity contribution >= 4 is 0 Å². The molecule has 0 saturated heterocycles. The quantitative estimate of drug-likeness (QED) is 0.795. The van der Waals surface area contributed by atoms with Gasteiger partial charge in [-0.05, 0) is 30.5 Å². The maximum atomic E-state index is 4.43. The van der Waals surface area contributed by atoms with E-state index < -0.39 is 0 Å². The van der Waals surface area contributed by atoms with Gasteiger partial charge in [0.15, 0.2) is 0 Å². The average molecular weight is 238 g/mol. The number of nitrogens with zero attached hydrogens (tertiary/aromatic N) is 2. The van der Waals surface area contributed by atoms with Crippen molar-refractivity contribution in [2.75, 3.05) is 0 Å². The van der Waals surface area contributed by atoms with Crippen molar-refractivity contribution in [1.29, 1.82) is 0 Å². The average Bonchev–Trinajstić information content (AvgIpc) is 3.25. The van der Waals surface area contributed by atoms with E-state index in [1.807, 2.05) is 12.3 Å². The molecule has 1 aromatic carbocycles. The standard InChI is InChI=1S/C16H18N2/c1-2-6-14(7-3-1)12-18(16-9-10-16)13-15-8-4-5-11-17-15/h1-8,11,16H,9-10,12-13H2. The van der Waals surface area contributed by atoms with Crippen LogP contribution in [0.3, 0.4) is 0 Å². The second-order valence-electron chi connectivity index (χ2n) is 4.94. The van der Waals surface area contributed by atoms with E-state index in [1.165, 1.54) is 24.1 Å². The lowest BCUT2D eigenvalue weighted by molar-refractivity contribution is 0.243. The summed E-state index contributed by atoms with van der Waals surface area (Å²) in [5.74, 6) is 0. The maximum absolute atomic E-state index is 4.43. The first kappa shape index (κ1) is 11.4. The predicted molar refractivity (Wildman–Crippen MR) is 72.9 cm³/mol. The molecule has 0 spiro atoms. The van der Waals surface area contributed by atoms with E-state index in [-0.39, 0.29) is 0 Å². The van der Waals surface area contributed by atoms with E-state index in [4.69, 9.17) is 0 Å². The molecule has 0 bridgehead atoms. The molecule has 2 aromatic rings. The molecule has 1 heterocycles. The van der Waals surface area contributed by atoms with Crippen LogP contribution < -0.4 is 0 Å². The molecule has 0 radical (unpaired) electrons. The molecule has 0 atom stereocenters. The molecule has 2 nitrogen and oxygen atoms in total. The normalized spacial score (nSPS) is 14.9. The Morgan fingerprint density at radius 2 is 1.72 bits per heavy atom. The van der Waals surface area contributed by atoms with E-state index in [0.29, 0.717) is 0 Å². The molecular formula is C16H18N2. The van der Waals surface area contributed by atoms with E-state index in [0.717, 1.165) is 19.1 Å². The molecule has 1 aromatic heterocycles. The lowest BCUT2D eigenvalue weighted by atomic mass is 10.2. The zero-order chi connectivity index (χ0) is 12.2. The maximum Gasteiger partial charge on any atom is 0.0544 e. The van der Waals surface area contributed by atoms with Crippen molar-refractivity contribution in [3.05, 3.63) is 66.0 Å². The van der Waals surface area contributed by atoms with Gasteiger partial charge in [0.2, 0.25) is 0 Å². The third-order valence-electron chi connectivity index (χ3n) is 3.38. The highest BCUT2D eigenvalue weighted by atomic mass is 15.2. The summed E-state index contributed by atoms with van der Waals surface area (Å²) in [5.41, 5.74) is 2.56. The summed E-state index contributed by atoms with van der Waals surface area (Å²) >= 11 is 0. The summed E-state index contributed by atoms with van der Waals surface area (Å²) in [6, 6.07) is 17.6. The Bertz CT molecular complexity index is 435. The molecule has 0 aliphatic heterocycles. The smallest absolute Gasteiger partial charge is 0.0544 e. The van der Waals surface area contributed by atoms with Crippen LogP contribution in [0, 0.1) is 0 Å². The van der Waals surface area contributed by atoms with Crippen molar-refractivity contribution in [1.82, 2.24) is 9.88 Å². The summed E-state index contributed by atoms with van der Waals surface area (Å²) in [4.78, 5) is 6.97. The fraction of sp³-hybridized carbons (Fsp3) is 0.312. The number of benzene rings is 1. The van der Waals surface area contributed by atoms with Crippen molar-refractivity contribution < 1.29 is 0 Å². The van der Waals surface area contributed by atoms with Crippen LogP contribution >= 0.6 is 0 Å². The first-order valence-electron chi connectivity index (χ1n) is 6.60. The highest BCUT2D eigenvalue weighted by Crippen LogP contribution is 2.29. The van der Waals surface area contributed by atoms with Gasteiger partial charge in [0.05, 0.1) is 5.69 Å². The Morgan fingerprint density at radius 3 is 2.39 bits per heavy atom. The SMILES string of the molecule is c1ccc(CN(Cc2ccccn2)C2CC2)cc1. The Kier molecular flexibility index (Phi) is 3.37. The topological polar surface area (TPSA) is 16.1 Å². The Hall–Kier alpha value is -1.67. The Morgan fingerprint density at radius 1 is 0.944 bits per heavy atom. The Balaban J connectivity index is 1.69. The third-order valence-corrected chi connectivity index (χ3v) is 3.38. The Labute approximate surface area is 108 Å². The third kappa shape index (κ3) is 2.96. The number of pyridine rings is 1. The van der Waals surface area contributed by atoms with Crippen molar-refractivity contribution in [2.45, 2.75) is 32.0 Å². The lowest BCUT2D eigenvalue weighted by Gasteiger charge is -2.21. The minimum Gasteiger partial charge on any atom is -0.290 e. The van der Waals surface area contributed by atoms with E-state index in [1.54, 1.807) is 0 Å². The first-order valence-corrected chi connectivity index (χ1v) is 6.60. The van der Waals surface area contributed by atoms with Gasteiger partial charge in [0.1, 0.15) is 0 Å². The molecule has 1 aliphatic carbocycles. The summed E-state index contributed by atoms with van der Waals surface area (Å²) < 4.78 is 0. The van der Waals surface area contributed by atoms with Crippen LogP contribution in [0.5, 0.6) is 0 Å². The molecule has 0 N–H and O–H groups in total. The minimum absolute atomic E-state index is 0.757. The van der Waals surface area contributed by atoms with Crippen LogP contribution in [-0.2, 0) is 13.1 Å². The molecule has 1 fully saturated rings. The van der Waals surface area contributed by atoms with Gasteiger partial charge in [-0.1, -0.05) is 36.4 Å². The zero-order valence-corrected chi connectivity index (χ0v) is 10.5. The number of hydrogen-bond acceptors (Lipinski definition) is 2. The van der Waals surface area contributed by atoms with Gasteiger partial charge in [-0.2, -0.15) is 0 Å². The molecule has 0 unspecified atom stereocenters. The number of rotatable bonds is 5. The molecular weight excluding hydrogens is 220 g/mol. The summed E-state index contributed by atoms with van der Waals surface area (Å²) in [6.45, 7) is 1.99. The molecule has 2 heteroatoms. The monoisotopic (exact) mass is 238 g/mol. The second-order valence-corrected chi connectivity index (χ2v) is 4.94. The van der Waals surface area contributed by atoms with Crippen LogP contribution in [0.4, 0.5) is 0 Å². The van der Waals surface area contributed by atoms with Crippen LogP contribution in [0.15, 0.2) is 54.7 Å². The van der Waals surface area contributed by atoms with Crippen LogP contribution in [0.2, 0.25) is 0 Å². The molecule has 0 amide bonds. The van der Waals surface area contributed by atoms with Gasteiger partial charge < -0.3 is 0 Å². The molecule has 1 aliphatic rings. The lowest BCUT2D eigenvalue weighted by Crippen LogP contribution is -2.25. The van der Waals surface area contributed by atoms with Crippen molar-refractivity contribution in [3.8, 4) is 0 Å². The van der Waals surface area contributed by atoms with Gasteiger partial charge >= 0.3 is 0 Å². The van der Waals surface area contributed by atoms with E-state index >= 15 is 0 Å². The molecule has 18 heavy (non-hydrogen) atoms. The molecule has 3 rings (SSSR count). The van der Waals surface area contributed by atoms with E-state index in [2.05, 4.69) is 52.3 Å². The van der Waals surface area contributed by atoms with E-state index in [9.17, 15) is 0 Å². The van der Waals surface area contributed by atoms with Gasteiger partial charge in [0, 0.05) is 25.3 Å². The first-order chi connectivity index (χ1) is 8.92. The van der Waals surface area contributed by atoms with Crippen molar-refractivity contribution in [3.63, 3.8) is 0 Å². The zero-order valence-electron chi connectivity index (χ0n) is 10.5. The van der Waals surface area contributed by atoms with Crippen molar-refractivity contribution in [2.24, 2.45) is 0 Å². The van der Waals surface area contributed by atoms with Gasteiger partial charge in [-0.25, -0.2) is 0 Å². The predicted octanol–water partition coefficient (Wildman–Crippen LogP) is 3.25. The molecule has 92 valence electrons. The number of hydrogen-bond donors (Lipinski definition) is 0. The van der Waals surface area contributed by atoms with Crippen LogP contribution in [0.1, 0.15) is 24.1 Å².